The minimum Gasteiger partial charge on any atom is -0.340 e. The topological polar surface area (TPSA) is 33.2 Å². The first kappa shape index (κ1) is 10.7. The molecule has 0 aliphatic carbocycles. The first-order chi connectivity index (χ1) is 6.63. The van der Waals surface area contributed by atoms with Crippen molar-refractivity contribution in [2.45, 2.75) is 26.8 Å². The Balaban J connectivity index is 2.64. The fraction of sp³-hybridized carbons (Fsp3) is 0.455. The molecular weight excluding hydrogens is 176 g/mol. The van der Waals surface area contributed by atoms with Gasteiger partial charge in [0.2, 0.25) is 5.91 Å². The summed E-state index contributed by atoms with van der Waals surface area (Å²) < 4.78 is 0. The van der Waals surface area contributed by atoms with Gasteiger partial charge in [0.15, 0.2) is 0 Å². The van der Waals surface area contributed by atoms with Crippen molar-refractivity contribution < 1.29 is 4.79 Å². The van der Waals surface area contributed by atoms with Gasteiger partial charge in [-0.15, -0.1) is 0 Å². The number of pyridine rings is 1. The normalized spacial score (nSPS) is 9.93. The lowest BCUT2D eigenvalue weighted by atomic mass is 10.3. The Morgan fingerprint density at radius 2 is 2.21 bits per heavy atom. The maximum Gasteiger partial charge on any atom is 0.222 e. The molecule has 0 N–H and O–H groups in total. The van der Waals surface area contributed by atoms with E-state index in [1.54, 1.807) is 11.9 Å². The lowest BCUT2D eigenvalue weighted by Gasteiger charge is -2.15. The number of nitrogens with zero attached hydrogens (tertiary/aromatic N) is 2. The largest absolute Gasteiger partial charge is 0.340 e. The van der Waals surface area contributed by atoms with E-state index in [9.17, 15) is 4.79 Å². The van der Waals surface area contributed by atoms with E-state index in [0.717, 1.165) is 11.4 Å². The number of hydrogen-bond donors (Lipinski definition) is 0. The zero-order valence-electron chi connectivity index (χ0n) is 8.95. The minimum absolute atomic E-state index is 0.147. The molecule has 76 valence electrons. The Morgan fingerprint density at radius 3 is 2.79 bits per heavy atom. The molecule has 3 nitrogen and oxygen atoms in total. The summed E-state index contributed by atoms with van der Waals surface area (Å²) in [5.41, 5.74) is 1.93. The van der Waals surface area contributed by atoms with Gasteiger partial charge in [0.05, 0.1) is 12.2 Å². The summed E-state index contributed by atoms with van der Waals surface area (Å²) in [6, 6.07) is 5.85. The first-order valence-electron chi connectivity index (χ1n) is 4.80. The standard InChI is InChI=1S/C11H16N2O/c1-4-11(14)13(3)8-10-7-5-6-9(2)12-10/h5-7H,4,8H2,1-3H3. The zero-order chi connectivity index (χ0) is 10.6. The van der Waals surface area contributed by atoms with Gasteiger partial charge >= 0.3 is 0 Å². The Labute approximate surface area is 84.8 Å². The van der Waals surface area contributed by atoms with Crippen LogP contribution in [0.5, 0.6) is 0 Å². The molecule has 0 saturated heterocycles. The predicted molar refractivity (Wildman–Crippen MR) is 55.7 cm³/mol. The van der Waals surface area contributed by atoms with Gasteiger partial charge < -0.3 is 4.90 Å². The fourth-order valence-electron chi connectivity index (χ4n) is 1.29. The van der Waals surface area contributed by atoms with Crippen molar-refractivity contribution in [3.8, 4) is 0 Å². The van der Waals surface area contributed by atoms with Crippen molar-refractivity contribution in [1.82, 2.24) is 9.88 Å². The molecule has 0 radical (unpaired) electrons. The summed E-state index contributed by atoms with van der Waals surface area (Å²) >= 11 is 0. The molecule has 1 rings (SSSR count). The number of amides is 1. The maximum absolute atomic E-state index is 11.3. The smallest absolute Gasteiger partial charge is 0.222 e. The second-order valence-corrected chi connectivity index (χ2v) is 3.37. The third kappa shape index (κ3) is 2.83. The highest BCUT2D eigenvalue weighted by Crippen LogP contribution is 2.02. The third-order valence-corrected chi connectivity index (χ3v) is 2.07. The fourth-order valence-corrected chi connectivity index (χ4v) is 1.29. The van der Waals surface area contributed by atoms with Crippen LogP contribution in [0.3, 0.4) is 0 Å². The van der Waals surface area contributed by atoms with Crippen LogP contribution in [-0.2, 0) is 11.3 Å². The van der Waals surface area contributed by atoms with Crippen LogP contribution >= 0.6 is 0 Å². The van der Waals surface area contributed by atoms with E-state index < -0.39 is 0 Å². The van der Waals surface area contributed by atoms with Gasteiger partial charge in [-0.2, -0.15) is 0 Å². The molecular formula is C11H16N2O. The van der Waals surface area contributed by atoms with E-state index in [1.807, 2.05) is 32.0 Å². The van der Waals surface area contributed by atoms with E-state index in [-0.39, 0.29) is 5.91 Å². The molecule has 0 aromatic carbocycles. The number of rotatable bonds is 3. The molecule has 0 bridgehead atoms. The molecule has 1 aromatic rings. The van der Waals surface area contributed by atoms with Crippen molar-refractivity contribution in [3.05, 3.63) is 29.6 Å². The van der Waals surface area contributed by atoms with Crippen LogP contribution in [0.1, 0.15) is 24.7 Å². The predicted octanol–water partition coefficient (Wildman–Crippen LogP) is 1.76. The van der Waals surface area contributed by atoms with Crippen LogP contribution < -0.4 is 0 Å². The molecule has 0 aliphatic rings. The van der Waals surface area contributed by atoms with E-state index in [2.05, 4.69) is 4.98 Å². The molecule has 1 amide bonds. The van der Waals surface area contributed by atoms with Crippen LogP contribution in [0.4, 0.5) is 0 Å². The van der Waals surface area contributed by atoms with Crippen LogP contribution in [-0.4, -0.2) is 22.8 Å². The monoisotopic (exact) mass is 192 g/mol. The average Bonchev–Trinajstić information content (AvgIpc) is 2.16. The van der Waals surface area contributed by atoms with Crippen molar-refractivity contribution in [2.75, 3.05) is 7.05 Å². The second-order valence-electron chi connectivity index (χ2n) is 3.37. The van der Waals surface area contributed by atoms with E-state index in [0.29, 0.717) is 13.0 Å². The molecule has 1 aromatic heterocycles. The Kier molecular flexibility index (Phi) is 3.63. The molecule has 3 heteroatoms. The molecule has 0 fully saturated rings. The highest BCUT2D eigenvalue weighted by atomic mass is 16.2. The molecule has 1 heterocycles. The van der Waals surface area contributed by atoms with Gasteiger partial charge in [-0.25, -0.2) is 0 Å². The molecule has 0 saturated carbocycles. The van der Waals surface area contributed by atoms with Crippen LogP contribution in [0.25, 0.3) is 0 Å². The zero-order valence-corrected chi connectivity index (χ0v) is 8.95. The van der Waals surface area contributed by atoms with Crippen LogP contribution in [0.2, 0.25) is 0 Å². The van der Waals surface area contributed by atoms with Gasteiger partial charge in [-0.1, -0.05) is 13.0 Å². The highest BCUT2D eigenvalue weighted by molar-refractivity contribution is 5.75. The molecule has 0 spiro atoms. The SMILES string of the molecule is CCC(=O)N(C)Cc1cccc(C)n1. The van der Waals surface area contributed by atoms with Crippen molar-refractivity contribution in [3.63, 3.8) is 0 Å². The van der Waals surface area contributed by atoms with Crippen molar-refractivity contribution in [1.29, 1.82) is 0 Å². The summed E-state index contributed by atoms with van der Waals surface area (Å²) in [5.74, 6) is 0.147. The molecule has 14 heavy (non-hydrogen) atoms. The Morgan fingerprint density at radius 1 is 1.50 bits per heavy atom. The molecule has 0 unspecified atom stereocenters. The van der Waals surface area contributed by atoms with Crippen LogP contribution in [0, 0.1) is 6.92 Å². The number of carbonyl (C=O) groups excluding carboxylic acids is 1. The summed E-state index contributed by atoms with van der Waals surface area (Å²) in [4.78, 5) is 17.3. The number of aryl methyl sites for hydroxylation is 1. The van der Waals surface area contributed by atoms with E-state index in [1.165, 1.54) is 0 Å². The van der Waals surface area contributed by atoms with Crippen molar-refractivity contribution in [2.24, 2.45) is 0 Å². The minimum atomic E-state index is 0.147. The number of carbonyl (C=O) groups is 1. The average molecular weight is 192 g/mol. The number of aromatic nitrogens is 1. The van der Waals surface area contributed by atoms with Gasteiger partial charge in [0.25, 0.3) is 0 Å². The lowest BCUT2D eigenvalue weighted by Crippen LogP contribution is -2.25. The summed E-state index contributed by atoms with van der Waals surface area (Å²) in [7, 11) is 1.80. The van der Waals surface area contributed by atoms with E-state index in [4.69, 9.17) is 0 Å². The van der Waals surface area contributed by atoms with Crippen molar-refractivity contribution >= 4 is 5.91 Å². The Bertz CT molecular complexity index is 323. The highest BCUT2D eigenvalue weighted by Gasteiger charge is 2.06. The third-order valence-electron chi connectivity index (χ3n) is 2.07. The van der Waals surface area contributed by atoms with Gasteiger partial charge in [0.1, 0.15) is 0 Å². The number of hydrogen-bond acceptors (Lipinski definition) is 2. The summed E-state index contributed by atoms with van der Waals surface area (Å²) in [6.07, 6.45) is 0.544. The van der Waals surface area contributed by atoms with Gasteiger partial charge in [-0.3, -0.25) is 9.78 Å². The van der Waals surface area contributed by atoms with E-state index >= 15 is 0 Å². The first-order valence-corrected chi connectivity index (χ1v) is 4.80. The van der Waals surface area contributed by atoms with Gasteiger partial charge in [-0.05, 0) is 19.1 Å². The summed E-state index contributed by atoms with van der Waals surface area (Å²) in [6.45, 7) is 4.40. The van der Waals surface area contributed by atoms with Crippen LogP contribution in [0.15, 0.2) is 18.2 Å². The Hall–Kier alpha value is -1.38. The van der Waals surface area contributed by atoms with Gasteiger partial charge in [0, 0.05) is 19.2 Å². The molecule has 0 atom stereocenters. The molecule has 0 aliphatic heterocycles. The second kappa shape index (κ2) is 4.74. The quantitative estimate of drug-likeness (QED) is 0.731. The summed E-state index contributed by atoms with van der Waals surface area (Å²) in [5, 5.41) is 0. The lowest BCUT2D eigenvalue weighted by molar-refractivity contribution is -0.130. The maximum atomic E-state index is 11.3.